The number of primary amides is 1. The molecule has 0 radical (unpaired) electrons. The number of hydrogen-bond acceptors (Lipinski definition) is 7. The van der Waals surface area contributed by atoms with E-state index in [1.165, 1.54) is 6.33 Å². The molecule has 0 aromatic carbocycles. The number of nitrogens with one attached hydrogen (secondary N) is 1. The number of rotatable bonds is 9. The summed E-state index contributed by atoms with van der Waals surface area (Å²) in [6.07, 6.45) is 3.44. The lowest BCUT2D eigenvalue weighted by molar-refractivity contribution is -0.118. The van der Waals surface area contributed by atoms with E-state index < -0.39 is 0 Å². The van der Waals surface area contributed by atoms with Gasteiger partial charge in [0.1, 0.15) is 18.2 Å². The van der Waals surface area contributed by atoms with Crippen LogP contribution in [0.15, 0.2) is 12.4 Å². The summed E-state index contributed by atoms with van der Waals surface area (Å²) in [5, 5.41) is 3.27. The Balaban J connectivity index is 1.77. The number of carbonyl (C=O) groups is 1. The summed E-state index contributed by atoms with van der Waals surface area (Å²) in [5.41, 5.74) is 5.21. The van der Waals surface area contributed by atoms with Crippen LogP contribution >= 0.6 is 0 Å². The molecule has 0 saturated carbocycles. The number of amides is 1. The Morgan fingerprint density at radius 2 is 2.35 bits per heavy atom. The van der Waals surface area contributed by atoms with Crippen LogP contribution in [0.2, 0.25) is 0 Å². The van der Waals surface area contributed by atoms with Crippen LogP contribution in [0.5, 0.6) is 5.88 Å². The van der Waals surface area contributed by atoms with Gasteiger partial charge in [-0.2, -0.15) is 0 Å². The standard InChI is InChI=1S/C15H26N6O2/c1-20(2)6-3-5-17-14-8-15(19-11-18-14)23-12-4-7-21(9-12)10-13(16)22/h8,11-12H,3-7,9-10H2,1-2H3,(H2,16,22)(H,17,18,19). The number of ether oxygens (including phenoxy) is 1. The van der Waals surface area contributed by atoms with Crippen LogP contribution < -0.4 is 15.8 Å². The quantitative estimate of drug-likeness (QED) is 0.607. The monoisotopic (exact) mass is 322 g/mol. The zero-order valence-electron chi connectivity index (χ0n) is 13.9. The van der Waals surface area contributed by atoms with Crippen molar-refractivity contribution in [1.29, 1.82) is 0 Å². The summed E-state index contributed by atoms with van der Waals surface area (Å²) in [4.78, 5) is 23.4. The first-order valence-electron chi connectivity index (χ1n) is 7.91. The molecule has 2 heterocycles. The van der Waals surface area contributed by atoms with E-state index in [9.17, 15) is 4.79 Å². The van der Waals surface area contributed by atoms with E-state index in [-0.39, 0.29) is 18.6 Å². The van der Waals surface area contributed by atoms with Crippen LogP contribution in [0.4, 0.5) is 5.82 Å². The molecule has 8 nitrogen and oxygen atoms in total. The SMILES string of the molecule is CN(C)CCCNc1cc(OC2CCN(CC(N)=O)C2)ncn1. The average molecular weight is 322 g/mol. The summed E-state index contributed by atoms with van der Waals surface area (Å²) in [6.45, 7) is 3.67. The molecule has 1 unspecified atom stereocenters. The molecule has 8 heteroatoms. The fraction of sp³-hybridized carbons (Fsp3) is 0.667. The maximum Gasteiger partial charge on any atom is 0.231 e. The molecule has 128 valence electrons. The Labute approximate surface area is 137 Å². The van der Waals surface area contributed by atoms with Crippen LogP contribution in [0, 0.1) is 0 Å². The molecule has 1 aromatic rings. The number of likely N-dealkylation sites (tertiary alicyclic amines) is 1. The average Bonchev–Trinajstić information content (AvgIpc) is 2.90. The van der Waals surface area contributed by atoms with Gasteiger partial charge in [-0.05, 0) is 33.5 Å². The maximum absolute atomic E-state index is 10.9. The third-order valence-electron chi connectivity index (χ3n) is 3.63. The number of hydrogen-bond donors (Lipinski definition) is 2. The van der Waals surface area contributed by atoms with Gasteiger partial charge in [0.2, 0.25) is 11.8 Å². The molecule has 1 saturated heterocycles. The van der Waals surface area contributed by atoms with E-state index in [1.54, 1.807) is 0 Å². The lowest BCUT2D eigenvalue weighted by Crippen LogP contribution is -2.33. The highest BCUT2D eigenvalue weighted by molar-refractivity contribution is 5.75. The lowest BCUT2D eigenvalue weighted by atomic mass is 10.3. The molecule has 1 amide bonds. The number of nitrogens with two attached hydrogens (primary N) is 1. The highest BCUT2D eigenvalue weighted by atomic mass is 16.5. The molecule has 3 N–H and O–H groups in total. The molecule has 2 rings (SSSR count). The minimum Gasteiger partial charge on any atom is -0.473 e. The van der Waals surface area contributed by atoms with Gasteiger partial charge < -0.3 is 20.7 Å². The molecule has 1 atom stereocenters. The van der Waals surface area contributed by atoms with Crippen molar-refractivity contribution in [3.63, 3.8) is 0 Å². The lowest BCUT2D eigenvalue weighted by Gasteiger charge is -2.15. The zero-order chi connectivity index (χ0) is 16.7. The predicted molar refractivity (Wildman–Crippen MR) is 88.4 cm³/mol. The van der Waals surface area contributed by atoms with Gasteiger partial charge in [0.05, 0.1) is 6.54 Å². The van der Waals surface area contributed by atoms with Gasteiger partial charge in [0.15, 0.2) is 0 Å². The molecular formula is C15H26N6O2. The first-order valence-corrected chi connectivity index (χ1v) is 7.91. The van der Waals surface area contributed by atoms with Crippen molar-refractivity contribution >= 4 is 11.7 Å². The van der Waals surface area contributed by atoms with Gasteiger partial charge >= 0.3 is 0 Å². The largest absolute Gasteiger partial charge is 0.473 e. The first-order chi connectivity index (χ1) is 11.0. The third-order valence-corrected chi connectivity index (χ3v) is 3.63. The summed E-state index contributed by atoms with van der Waals surface area (Å²) in [7, 11) is 4.11. The summed E-state index contributed by atoms with van der Waals surface area (Å²) >= 11 is 0. The van der Waals surface area contributed by atoms with Crippen molar-refractivity contribution in [3.8, 4) is 5.88 Å². The highest BCUT2D eigenvalue weighted by Crippen LogP contribution is 2.18. The van der Waals surface area contributed by atoms with Crippen molar-refractivity contribution in [2.45, 2.75) is 18.9 Å². The number of carbonyl (C=O) groups excluding carboxylic acids is 1. The zero-order valence-corrected chi connectivity index (χ0v) is 13.9. The number of anilines is 1. The maximum atomic E-state index is 10.9. The molecule has 0 aliphatic carbocycles. The second-order valence-electron chi connectivity index (χ2n) is 6.06. The van der Waals surface area contributed by atoms with E-state index in [0.717, 1.165) is 38.3 Å². The van der Waals surface area contributed by atoms with Gasteiger partial charge in [-0.25, -0.2) is 9.97 Å². The summed E-state index contributed by atoms with van der Waals surface area (Å²) in [5.74, 6) is 1.01. The van der Waals surface area contributed by atoms with E-state index in [0.29, 0.717) is 12.4 Å². The van der Waals surface area contributed by atoms with Crippen LogP contribution in [0.3, 0.4) is 0 Å². The Kier molecular flexibility index (Phi) is 6.54. The topological polar surface area (TPSA) is 96.6 Å². The minimum absolute atomic E-state index is 0.0332. The van der Waals surface area contributed by atoms with Crippen LogP contribution in [0.1, 0.15) is 12.8 Å². The van der Waals surface area contributed by atoms with Gasteiger partial charge in [-0.3, -0.25) is 9.69 Å². The summed E-state index contributed by atoms with van der Waals surface area (Å²) < 4.78 is 5.88. The van der Waals surface area contributed by atoms with Gasteiger partial charge in [-0.1, -0.05) is 0 Å². The van der Waals surface area contributed by atoms with Crippen molar-refractivity contribution in [2.24, 2.45) is 5.73 Å². The highest BCUT2D eigenvalue weighted by Gasteiger charge is 2.25. The van der Waals surface area contributed by atoms with Gasteiger partial charge in [-0.15, -0.1) is 0 Å². The Morgan fingerprint density at radius 3 is 3.09 bits per heavy atom. The fourth-order valence-corrected chi connectivity index (χ4v) is 2.54. The second-order valence-corrected chi connectivity index (χ2v) is 6.06. The van der Waals surface area contributed by atoms with Gasteiger partial charge in [0.25, 0.3) is 0 Å². The number of nitrogens with zero attached hydrogens (tertiary/aromatic N) is 4. The van der Waals surface area contributed by atoms with Crippen molar-refractivity contribution < 1.29 is 9.53 Å². The minimum atomic E-state index is -0.308. The first kappa shape index (κ1) is 17.4. The summed E-state index contributed by atoms with van der Waals surface area (Å²) in [6, 6.07) is 1.81. The Bertz CT molecular complexity index is 510. The molecule has 0 bridgehead atoms. The van der Waals surface area contributed by atoms with Crippen LogP contribution in [0.25, 0.3) is 0 Å². The van der Waals surface area contributed by atoms with Crippen molar-refractivity contribution in [3.05, 3.63) is 12.4 Å². The van der Waals surface area contributed by atoms with Crippen LogP contribution in [-0.2, 0) is 4.79 Å². The molecule has 1 aliphatic rings. The van der Waals surface area contributed by atoms with E-state index in [4.69, 9.17) is 10.5 Å². The normalized spacial score (nSPS) is 18.3. The molecular weight excluding hydrogens is 296 g/mol. The fourth-order valence-electron chi connectivity index (χ4n) is 2.54. The molecule has 1 aliphatic heterocycles. The van der Waals surface area contributed by atoms with E-state index in [1.807, 2.05) is 11.0 Å². The smallest absolute Gasteiger partial charge is 0.231 e. The van der Waals surface area contributed by atoms with Gasteiger partial charge in [0, 0.05) is 25.7 Å². The molecule has 0 spiro atoms. The molecule has 23 heavy (non-hydrogen) atoms. The van der Waals surface area contributed by atoms with Crippen molar-refractivity contribution in [1.82, 2.24) is 19.8 Å². The third kappa shape index (κ3) is 6.37. The Morgan fingerprint density at radius 1 is 1.52 bits per heavy atom. The van der Waals surface area contributed by atoms with E-state index in [2.05, 4.69) is 34.3 Å². The van der Waals surface area contributed by atoms with Crippen molar-refractivity contribution in [2.75, 3.05) is 52.1 Å². The Hall–Kier alpha value is -1.93. The van der Waals surface area contributed by atoms with Crippen LogP contribution in [-0.4, -0.2) is 78.6 Å². The molecule has 1 aromatic heterocycles. The van der Waals surface area contributed by atoms with E-state index >= 15 is 0 Å². The number of aromatic nitrogens is 2. The predicted octanol–water partition coefficient (Wildman–Crippen LogP) is -0.221. The second kappa shape index (κ2) is 8.64. The molecule has 1 fully saturated rings.